The summed E-state index contributed by atoms with van der Waals surface area (Å²) in [5.74, 6) is 2.32. The largest absolute Gasteiger partial charge is 0.487 e. The molecule has 12 heteroatoms. The monoisotopic (exact) mass is 649 g/mol. The lowest BCUT2D eigenvalue weighted by molar-refractivity contribution is -0.118. The minimum Gasteiger partial charge on any atom is -0.487 e. The van der Waals surface area contributed by atoms with E-state index in [1.54, 1.807) is 19.4 Å². The van der Waals surface area contributed by atoms with Crippen LogP contribution in [0.3, 0.4) is 0 Å². The van der Waals surface area contributed by atoms with E-state index < -0.39 is 0 Å². The Hall–Kier alpha value is -4.45. The fourth-order valence-electron chi connectivity index (χ4n) is 7.55. The number of anilines is 1. The van der Waals surface area contributed by atoms with Crippen molar-refractivity contribution in [3.8, 4) is 11.6 Å². The number of ketones is 1. The van der Waals surface area contributed by atoms with Gasteiger partial charge in [0.2, 0.25) is 5.88 Å². The zero-order chi connectivity index (χ0) is 33.4. The molecule has 11 nitrogen and oxygen atoms in total. The standard InChI is InChI=1S/C36H44BN7O4/c1-22-21-48-36-33(41-29-7-4-8-30(29)45)28(37)15-27-34(36)44(22)19-24(35(27)46)18-43(17-23-11-12-39-32(14-23)47-3)26-6-5-13-42(20-26)25-9-10-31(38-2)40-16-25/h9-12,14-15,19,22,26,29,38,40-41H,4-8,13,16-18,20-21H2,1-3H3. The number of carbonyl (C=O) groups is 1. The van der Waals surface area contributed by atoms with Crippen LogP contribution in [0.2, 0.25) is 0 Å². The highest BCUT2D eigenvalue weighted by atomic mass is 16.5. The summed E-state index contributed by atoms with van der Waals surface area (Å²) in [5, 5.41) is 10.5. The zero-order valence-corrected chi connectivity index (χ0v) is 28.1. The Bertz CT molecular complexity index is 1840. The van der Waals surface area contributed by atoms with Gasteiger partial charge in [0.25, 0.3) is 0 Å². The predicted molar refractivity (Wildman–Crippen MR) is 188 cm³/mol. The Balaban J connectivity index is 1.25. The van der Waals surface area contributed by atoms with Crippen LogP contribution in [0.15, 0.2) is 59.1 Å². The van der Waals surface area contributed by atoms with Crippen molar-refractivity contribution in [1.29, 1.82) is 0 Å². The van der Waals surface area contributed by atoms with Crippen molar-refractivity contribution in [1.82, 2.24) is 30.0 Å². The summed E-state index contributed by atoms with van der Waals surface area (Å²) < 4.78 is 13.9. The Morgan fingerprint density at radius 2 is 2.06 bits per heavy atom. The molecule has 0 bridgehead atoms. The summed E-state index contributed by atoms with van der Waals surface area (Å²) in [6.45, 7) is 6.27. The second-order valence-electron chi connectivity index (χ2n) is 13.4. The SMILES string of the molecule is [B]c1cc2c(=O)c(CN(Cc3ccnc(OC)c3)C3CCCN(C4=CC=C(NC)NC4)C3)cn3c2c(c1NC1CCCC1=O)OCC3C. The number of piperidine rings is 1. The maximum Gasteiger partial charge on any atom is 0.213 e. The molecule has 3 aliphatic heterocycles. The number of rotatable bonds is 10. The highest BCUT2D eigenvalue weighted by Gasteiger charge is 2.32. The van der Waals surface area contributed by atoms with Gasteiger partial charge >= 0.3 is 0 Å². The van der Waals surface area contributed by atoms with Crippen LogP contribution in [0.4, 0.5) is 5.69 Å². The van der Waals surface area contributed by atoms with Gasteiger partial charge in [-0.3, -0.25) is 14.5 Å². The molecule has 7 rings (SSSR count). The van der Waals surface area contributed by atoms with Crippen LogP contribution in [-0.2, 0) is 17.9 Å². The summed E-state index contributed by atoms with van der Waals surface area (Å²) in [5.41, 5.74) is 4.75. The molecule has 5 heterocycles. The van der Waals surface area contributed by atoms with E-state index in [1.807, 2.05) is 25.4 Å². The van der Waals surface area contributed by atoms with Crippen LogP contribution in [0, 0.1) is 0 Å². The van der Waals surface area contributed by atoms with Gasteiger partial charge in [-0.1, -0.05) is 11.5 Å². The van der Waals surface area contributed by atoms with Crippen molar-refractivity contribution < 1.29 is 14.3 Å². The normalized spacial score (nSPS) is 22.2. The molecule has 3 N–H and O–H groups in total. The molecule has 250 valence electrons. The minimum absolute atomic E-state index is 0.00770. The number of dihydropyridines is 1. The van der Waals surface area contributed by atoms with Crippen molar-refractivity contribution in [2.24, 2.45) is 0 Å². The summed E-state index contributed by atoms with van der Waals surface area (Å²) in [6, 6.07) is 5.68. The summed E-state index contributed by atoms with van der Waals surface area (Å²) in [7, 11) is 10.2. The lowest BCUT2D eigenvalue weighted by atomic mass is 9.89. The molecule has 0 amide bonds. The van der Waals surface area contributed by atoms with Crippen molar-refractivity contribution in [3.05, 3.63) is 75.6 Å². The van der Waals surface area contributed by atoms with Crippen molar-refractivity contribution in [2.45, 2.75) is 70.2 Å². The van der Waals surface area contributed by atoms with E-state index in [9.17, 15) is 9.59 Å². The van der Waals surface area contributed by atoms with Crippen LogP contribution in [-0.4, -0.2) is 85.5 Å². The third kappa shape index (κ3) is 6.25. The molecule has 3 atom stereocenters. The van der Waals surface area contributed by atoms with Gasteiger partial charge in [0.15, 0.2) is 17.0 Å². The Morgan fingerprint density at radius 1 is 1.19 bits per heavy atom. The molecule has 3 unspecified atom stereocenters. The number of hydrogen-bond donors (Lipinski definition) is 3. The zero-order valence-electron chi connectivity index (χ0n) is 28.1. The lowest BCUT2D eigenvalue weighted by Gasteiger charge is -2.42. The average molecular weight is 650 g/mol. The van der Waals surface area contributed by atoms with Crippen molar-refractivity contribution in [3.63, 3.8) is 0 Å². The first-order chi connectivity index (χ1) is 23.3. The van der Waals surface area contributed by atoms with E-state index in [-0.39, 0.29) is 29.3 Å². The second kappa shape index (κ2) is 13.6. The molecular weight excluding hydrogens is 605 g/mol. The molecule has 1 saturated carbocycles. The van der Waals surface area contributed by atoms with Gasteiger partial charge in [-0.05, 0) is 56.4 Å². The maximum atomic E-state index is 14.4. The molecule has 2 aromatic heterocycles. The maximum absolute atomic E-state index is 14.4. The van der Waals surface area contributed by atoms with Crippen LogP contribution in [0.1, 0.15) is 56.2 Å². The van der Waals surface area contributed by atoms with Gasteiger partial charge in [-0.15, -0.1) is 0 Å². The number of pyridine rings is 2. The molecule has 4 aliphatic rings. The average Bonchev–Trinajstić information content (AvgIpc) is 3.52. The van der Waals surface area contributed by atoms with Crippen LogP contribution >= 0.6 is 0 Å². The predicted octanol–water partition coefficient (Wildman–Crippen LogP) is 2.70. The van der Waals surface area contributed by atoms with Crippen molar-refractivity contribution >= 4 is 35.7 Å². The molecule has 48 heavy (non-hydrogen) atoms. The number of hydrogen-bond acceptors (Lipinski definition) is 10. The third-order valence-electron chi connectivity index (χ3n) is 10.2. The number of methoxy groups -OCH3 is 1. The molecular formula is C36H44BN7O4. The van der Waals surface area contributed by atoms with Gasteiger partial charge in [0.05, 0.1) is 42.8 Å². The topological polar surface area (TPSA) is 113 Å². The van der Waals surface area contributed by atoms with E-state index in [2.05, 4.69) is 54.4 Å². The number of carbonyl (C=O) groups excluding carboxylic acids is 1. The van der Waals surface area contributed by atoms with Gasteiger partial charge in [-0.25, -0.2) is 4.98 Å². The first-order valence-electron chi connectivity index (χ1n) is 17.1. The van der Waals surface area contributed by atoms with Gasteiger partial charge in [0.1, 0.15) is 14.5 Å². The number of Topliss-reactive ketones (excluding diaryl/α,β-unsaturated/α-hetero) is 1. The summed E-state index contributed by atoms with van der Waals surface area (Å²) in [6.07, 6.45) is 12.3. The van der Waals surface area contributed by atoms with Crippen molar-refractivity contribution in [2.75, 3.05) is 45.7 Å². The number of aromatic nitrogens is 2. The number of nitrogens with zero attached hydrogens (tertiary/aromatic N) is 4. The van der Waals surface area contributed by atoms with E-state index >= 15 is 0 Å². The third-order valence-corrected chi connectivity index (χ3v) is 10.2. The molecule has 2 radical (unpaired) electrons. The van der Waals surface area contributed by atoms with Crippen LogP contribution in [0.25, 0.3) is 10.9 Å². The van der Waals surface area contributed by atoms with E-state index in [0.29, 0.717) is 59.8 Å². The number of likely N-dealkylation sites (tertiary alicyclic amines) is 1. The Morgan fingerprint density at radius 3 is 2.81 bits per heavy atom. The first kappa shape index (κ1) is 32.1. The van der Waals surface area contributed by atoms with E-state index in [4.69, 9.17) is 17.3 Å². The number of nitrogens with one attached hydrogen (secondary N) is 3. The fourth-order valence-corrected chi connectivity index (χ4v) is 7.55. The molecule has 0 spiro atoms. The molecule has 1 saturated heterocycles. The fraction of sp³-hybridized carbons (Fsp3) is 0.472. The highest BCUT2D eigenvalue weighted by molar-refractivity contribution is 6.38. The smallest absolute Gasteiger partial charge is 0.213 e. The van der Waals surface area contributed by atoms with Crippen LogP contribution < -0.4 is 36.3 Å². The van der Waals surface area contributed by atoms with Gasteiger partial charge in [-0.2, -0.15) is 0 Å². The molecule has 1 aliphatic carbocycles. The number of ether oxygens (including phenoxy) is 2. The quantitative estimate of drug-likeness (QED) is 0.284. The Labute approximate surface area is 282 Å². The van der Waals surface area contributed by atoms with Crippen LogP contribution in [0.5, 0.6) is 11.6 Å². The molecule has 2 fully saturated rings. The molecule has 3 aromatic rings. The number of benzene rings is 1. The van der Waals surface area contributed by atoms with E-state index in [1.165, 1.54) is 5.70 Å². The van der Waals surface area contributed by atoms with Gasteiger partial charge < -0.3 is 34.9 Å². The highest BCUT2D eigenvalue weighted by Crippen LogP contribution is 2.38. The first-order valence-corrected chi connectivity index (χ1v) is 17.1. The van der Waals surface area contributed by atoms with E-state index in [0.717, 1.165) is 62.2 Å². The summed E-state index contributed by atoms with van der Waals surface area (Å²) >= 11 is 0. The number of allylic oxidation sites excluding steroid dienone is 2. The minimum atomic E-state index is -0.291. The van der Waals surface area contributed by atoms with Gasteiger partial charge in [0, 0.05) is 80.8 Å². The second-order valence-corrected chi connectivity index (χ2v) is 13.4. The summed E-state index contributed by atoms with van der Waals surface area (Å²) in [4.78, 5) is 36.1. The lowest BCUT2D eigenvalue weighted by Crippen LogP contribution is -2.49. The molecule has 1 aromatic carbocycles. The Kier molecular flexibility index (Phi) is 9.09.